The van der Waals surface area contributed by atoms with Crippen LogP contribution in [0.25, 0.3) is 5.69 Å². The van der Waals surface area contributed by atoms with Gasteiger partial charge >= 0.3 is 11.9 Å². The third-order valence-electron chi connectivity index (χ3n) is 6.25. The Morgan fingerprint density at radius 2 is 1.85 bits per heavy atom. The number of rotatable bonds is 3. The van der Waals surface area contributed by atoms with Crippen molar-refractivity contribution >= 4 is 29.2 Å². The third kappa shape index (κ3) is 3.54. The van der Waals surface area contributed by atoms with Gasteiger partial charge in [0.2, 0.25) is 11.4 Å². The second-order valence-corrected chi connectivity index (χ2v) is 8.64. The monoisotopic (exact) mass is 484 g/mol. The van der Waals surface area contributed by atoms with Crippen LogP contribution >= 0.6 is 11.6 Å². The molecule has 1 aromatic carbocycles. The van der Waals surface area contributed by atoms with E-state index in [1.54, 1.807) is 0 Å². The molecule has 1 aliphatic heterocycles. The smallest absolute Gasteiger partial charge is 0.330 e. The molecule has 2 aliphatic rings. The lowest BCUT2D eigenvalue weighted by Gasteiger charge is -2.32. The molecule has 33 heavy (non-hydrogen) atoms. The number of halogens is 4. The Kier molecular flexibility index (Phi) is 5.63. The van der Waals surface area contributed by atoms with Crippen molar-refractivity contribution in [1.29, 1.82) is 0 Å². The van der Waals surface area contributed by atoms with Gasteiger partial charge in [0.1, 0.15) is 11.4 Å². The van der Waals surface area contributed by atoms with Crippen molar-refractivity contribution in [2.24, 2.45) is 5.92 Å². The van der Waals surface area contributed by atoms with Crippen molar-refractivity contribution in [3.63, 3.8) is 0 Å². The average Bonchev–Trinajstić information content (AvgIpc) is 3.04. The average molecular weight is 485 g/mol. The number of fused-ring (bicyclic) bond motifs is 1. The van der Waals surface area contributed by atoms with E-state index in [0.29, 0.717) is 31.2 Å². The van der Waals surface area contributed by atoms with Crippen LogP contribution in [0.3, 0.4) is 0 Å². The molecule has 1 aromatic heterocycles. The number of benzene rings is 1. The number of aromatic amines is 1. The molecule has 0 saturated heterocycles. The highest BCUT2D eigenvalue weighted by Gasteiger charge is 2.68. The molecule has 2 heterocycles. The number of alkyl halides is 3. The van der Waals surface area contributed by atoms with E-state index in [1.807, 2.05) is 15.6 Å². The largest absolute Gasteiger partial charge is 0.425 e. The first kappa shape index (κ1) is 23.1. The Morgan fingerprint density at radius 1 is 1.18 bits per heavy atom. The first-order valence-electron chi connectivity index (χ1n) is 10.3. The number of carbonyl (C=O) groups is 2. The molecule has 1 saturated carbocycles. The van der Waals surface area contributed by atoms with E-state index >= 15 is 0 Å². The topological polar surface area (TPSA) is 113 Å². The molecular formula is C21H20ClF3N4O4. The summed E-state index contributed by atoms with van der Waals surface area (Å²) in [6.07, 6.45) is -2.40. The van der Waals surface area contributed by atoms with E-state index < -0.39 is 52.1 Å². The van der Waals surface area contributed by atoms with Gasteiger partial charge < -0.3 is 10.6 Å². The van der Waals surface area contributed by atoms with Crippen molar-refractivity contribution in [3.05, 3.63) is 55.2 Å². The predicted octanol–water partition coefficient (Wildman–Crippen LogP) is 2.89. The summed E-state index contributed by atoms with van der Waals surface area (Å²) < 4.78 is 44.2. The Hall–Kier alpha value is -3.08. The summed E-state index contributed by atoms with van der Waals surface area (Å²) in [4.78, 5) is 52.9. The quantitative estimate of drug-likeness (QED) is 0.621. The first-order valence-corrected chi connectivity index (χ1v) is 10.7. The number of nitrogens with zero attached hydrogens (tertiary/aromatic N) is 1. The molecule has 1 fully saturated rings. The normalized spacial score (nSPS) is 20.9. The van der Waals surface area contributed by atoms with Gasteiger partial charge in [-0.1, -0.05) is 36.9 Å². The third-order valence-corrected chi connectivity index (χ3v) is 6.66. The second-order valence-electron chi connectivity index (χ2n) is 8.23. The highest BCUT2D eigenvalue weighted by molar-refractivity contribution is 6.31. The minimum absolute atomic E-state index is 0.0666. The number of anilines is 1. The molecule has 2 aromatic rings. The molecular weight excluding hydrogens is 465 g/mol. The SMILES string of the molecule is Cc1c(Cl)cccc1-n1c2c(c(=O)[nH]c1=O)C(NC(=O)C1CCCCC1)(C(F)(F)F)C(=O)N2. The maximum Gasteiger partial charge on any atom is 0.425 e. The van der Waals surface area contributed by atoms with Crippen LogP contribution < -0.4 is 21.9 Å². The van der Waals surface area contributed by atoms with Crippen LogP contribution in [0.1, 0.15) is 43.2 Å². The van der Waals surface area contributed by atoms with Gasteiger partial charge in [-0.25, -0.2) is 9.36 Å². The van der Waals surface area contributed by atoms with E-state index in [4.69, 9.17) is 11.6 Å². The summed E-state index contributed by atoms with van der Waals surface area (Å²) in [5, 5.41) is 4.08. The van der Waals surface area contributed by atoms with E-state index in [2.05, 4.69) is 0 Å². The maximum atomic E-state index is 14.5. The standard InChI is InChI=1S/C21H20ClF3N4O4/c1-10-12(22)8-5-9-13(10)29-15-14(17(31)27-19(29)33)20(18(32)26-15,21(23,24)25)28-16(30)11-6-3-2-4-7-11/h5,8-9,11H,2-4,6-7H2,1H3,(H,26,32)(H,28,30)(H,27,31,33). The van der Waals surface area contributed by atoms with Gasteiger partial charge in [0.25, 0.3) is 11.5 Å². The minimum atomic E-state index is -5.37. The molecule has 1 atom stereocenters. The van der Waals surface area contributed by atoms with Crippen molar-refractivity contribution < 1.29 is 22.8 Å². The van der Waals surface area contributed by atoms with Crippen LogP contribution in [0.5, 0.6) is 0 Å². The van der Waals surface area contributed by atoms with Crippen molar-refractivity contribution in [3.8, 4) is 5.69 Å². The van der Waals surface area contributed by atoms with Crippen LogP contribution in [-0.2, 0) is 15.1 Å². The van der Waals surface area contributed by atoms with E-state index in [0.717, 1.165) is 11.0 Å². The Labute approximate surface area is 190 Å². The molecule has 12 heteroatoms. The van der Waals surface area contributed by atoms with Crippen molar-refractivity contribution in [1.82, 2.24) is 14.9 Å². The Morgan fingerprint density at radius 3 is 2.48 bits per heavy atom. The molecule has 8 nitrogen and oxygen atoms in total. The molecule has 0 spiro atoms. The number of aromatic nitrogens is 2. The van der Waals surface area contributed by atoms with E-state index in [1.165, 1.54) is 25.1 Å². The fourth-order valence-corrected chi connectivity index (χ4v) is 4.67. The molecule has 3 N–H and O–H groups in total. The molecule has 0 bridgehead atoms. The van der Waals surface area contributed by atoms with Gasteiger partial charge in [-0.15, -0.1) is 0 Å². The van der Waals surface area contributed by atoms with Crippen LogP contribution in [0.2, 0.25) is 5.02 Å². The number of hydrogen-bond donors (Lipinski definition) is 3. The predicted molar refractivity (Wildman–Crippen MR) is 113 cm³/mol. The molecule has 4 rings (SSSR count). The Bertz CT molecular complexity index is 1260. The van der Waals surface area contributed by atoms with Gasteiger partial charge in [-0.05, 0) is 37.5 Å². The summed E-state index contributed by atoms with van der Waals surface area (Å²) in [7, 11) is 0. The van der Waals surface area contributed by atoms with Gasteiger partial charge in [0.05, 0.1) is 5.69 Å². The lowest BCUT2D eigenvalue weighted by atomic mass is 9.86. The highest BCUT2D eigenvalue weighted by Crippen LogP contribution is 2.46. The number of hydrogen-bond acceptors (Lipinski definition) is 4. The fourth-order valence-electron chi connectivity index (χ4n) is 4.50. The zero-order valence-corrected chi connectivity index (χ0v) is 18.2. The van der Waals surface area contributed by atoms with Crippen LogP contribution in [0.4, 0.5) is 19.0 Å². The zero-order chi connectivity index (χ0) is 24.1. The number of H-pyrrole nitrogens is 1. The summed E-state index contributed by atoms with van der Waals surface area (Å²) in [5.74, 6) is -4.01. The zero-order valence-electron chi connectivity index (χ0n) is 17.4. The first-order chi connectivity index (χ1) is 15.5. The van der Waals surface area contributed by atoms with Crippen LogP contribution in [0.15, 0.2) is 27.8 Å². The van der Waals surface area contributed by atoms with Gasteiger partial charge in [-0.2, -0.15) is 13.2 Å². The minimum Gasteiger partial charge on any atom is -0.330 e. The van der Waals surface area contributed by atoms with E-state index in [9.17, 15) is 32.3 Å². The molecule has 2 amide bonds. The van der Waals surface area contributed by atoms with Gasteiger partial charge in [0.15, 0.2) is 0 Å². The fraction of sp³-hybridized carbons (Fsp3) is 0.429. The molecule has 0 radical (unpaired) electrons. The summed E-state index contributed by atoms with van der Waals surface area (Å²) in [6, 6.07) is 4.38. The highest BCUT2D eigenvalue weighted by atomic mass is 35.5. The number of nitrogens with one attached hydrogen (secondary N) is 3. The lowest BCUT2D eigenvalue weighted by Crippen LogP contribution is -2.63. The summed E-state index contributed by atoms with van der Waals surface area (Å²) in [5.41, 5.74) is -6.83. The maximum absolute atomic E-state index is 14.5. The summed E-state index contributed by atoms with van der Waals surface area (Å²) >= 11 is 6.10. The van der Waals surface area contributed by atoms with E-state index in [-0.39, 0.29) is 10.7 Å². The van der Waals surface area contributed by atoms with Crippen LogP contribution in [-0.4, -0.2) is 27.5 Å². The molecule has 1 unspecified atom stereocenters. The van der Waals surface area contributed by atoms with Crippen molar-refractivity contribution in [2.75, 3.05) is 5.32 Å². The van der Waals surface area contributed by atoms with Gasteiger partial charge in [-0.3, -0.25) is 19.4 Å². The Balaban J connectivity index is 1.96. The number of amides is 2. The molecule has 1 aliphatic carbocycles. The molecule has 176 valence electrons. The summed E-state index contributed by atoms with van der Waals surface area (Å²) in [6.45, 7) is 1.53. The van der Waals surface area contributed by atoms with Crippen molar-refractivity contribution in [2.45, 2.75) is 50.7 Å². The number of carbonyl (C=O) groups excluding carboxylic acids is 2. The second kappa shape index (κ2) is 8.05. The van der Waals surface area contributed by atoms with Gasteiger partial charge in [0, 0.05) is 10.9 Å². The van der Waals surface area contributed by atoms with Crippen LogP contribution in [0, 0.1) is 12.8 Å². The lowest BCUT2D eigenvalue weighted by molar-refractivity contribution is -0.201.